The number of aryl methyl sites for hydroxylation is 1. The number of anilines is 1. The molecule has 31 heavy (non-hydrogen) atoms. The van der Waals surface area contributed by atoms with E-state index < -0.39 is 10.0 Å². The number of carbonyl (C=O) groups is 2. The van der Waals surface area contributed by atoms with Gasteiger partial charge in [0.2, 0.25) is 5.91 Å². The molecule has 0 spiro atoms. The lowest BCUT2D eigenvalue weighted by Crippen LogP contribution is -2.51. The van der Waals surface area contributed by atoms with E-state index in [0.717, 1.165) is 5.56 Å². The van der Waals surface area contributed by atoms with Crippen LogP contribution < -0.4 is 4.72 Å². The smallest absolute Gasteiger partial charge is 0.261 e. The van der Waals surface area contributed by atoms with Crippen molar-refractivity contribution in [2.75, 3.05) is 51.5 Å². The summed E-state index contributed by atoms with van der Waals surface area (Å²) in [6, 6.07) is 13.0. The molecule has 2 amide bonds. The Labute approximate surface area is 183 Å². The lowest BCUT2D eigenvalue weighted by Gasteiger charge is -2.34. The third kappa shape index (κ3) is 5.83. The summed E-state index contributed by atoms with van der Waals surface area (Å²) in [5.41, 5.74) is 1.96. The van der Waals surface area contributed by atoms with E-state index in [1.54, 1.807) is 36.0 Å². The largest absolute Gasteiger partial charge is 0.348 e. The van der Waals surface area contributed by atoms with E-state index in [2.05, 4.69) is 4.72 Å². The normalized spacial score (nSPS) is 14.9. The SMILES string of the molecule is Cc1ccc(NS(=O)(=O)c2ccc(C(=O)N3CCN(CC(=O)N(C)C)CC3)cc2)cc1. The molecule has 0 saturated carbocycles. The van der Waals surface area contributed by atoms with Crippen LogP contribution in [0.4, 0.5) is 5.69 Å². The van der Waals surface area contributed by atoms with Crippen LogP contribution in [-0.2, 0) is 14.8 Å². The van der Waals surface area contributed by atoms with Crippen molar-refractivity contribution in [3.8, 4) is 0 Å². The van der Waals surface area contributed by atoms with E-state index in [4.69, 9.17) is 0 Å². The van der Waals surface area contributed by atoms with Gasteiger partial charge in [0.15, 0.2) is 0 Å². The minimum atomic E-state index is -3.74. The lowest BCUT2D eigenvalue weighted by molar-refractivity contribution is -0.130. The highest BCUT2D eigenvalue weighted by molar-refractivity contribution is 7.92. The Morgan fingerprint density at radius 2 is 1.52 bits per heavy atom. The fourth-order valence-electron chi connectivity index (χ4n) is 3.24. The van der Waals surface area contributed by atoms with Gasteiger partial charge in [-0.05, 0) is 43.3 Å². The molecule has 3 rings (SSSR count). The molecule has 0 unspecified atom stereocenters. The first kappa shape index (κ1) is 22.8. The second kappa shape index (κ2) is 9.49. The number of carbonyl (C=O) groups excluding carboxylic acids is 2. The molecule has 1 N–H and O–H groups in total. The molecular weight excluding hydrogens is 416 g/mol. The fraction of sp³-hybridized carbons (Fsp3) is 0.364. The number of benzene rings is 2. The van der Waals surface area contributed by atoms with Crippen LogP contribution in [0.25, 0.3) is 0 Å². The zero-order valence-corrected chi connectivity index (χ0v) is 18.9. The van der Waals surface area contributed by atoms with Crippen molar-refractivity contribution >= 4 is 27.5 Å². The van der Waals surface area contributed by atoms with Gasteiger partial charge in [0.1, 0.15) is 0 Å². The summed E-state index contributed by atoms with van der Waals surface area (Å²) in [4.78, 5) is 30.0. The molecule has 2 aromatic rings. The van der Waals surface area contributed by atoms with Gasteiger partial charge >= 0.3 is 0 Å². The molecule has 0 aromatic heterocycles. The molecule has 1 saturated heterocycles. The van der Waals surface area contributed by atoms with Crippen LogP contribution in [0.1, 0.15) is 15.9 Å². The van der Waals surface area contributed by atoms with Crippen LogP contribution in [0.15, 0.2) is 53.4 Å². The van der Waals surface area contributed by atoms with Crippen LogP contribution in [-0.4, -0.2) is 81.8 Å². The maximum Gasteiger partial charge on any atom is 0.261 e. The molecular formula is C22H28N4O4S. The summed E-state index contributed by atoms with van der Waals surface area (Å²) in [5, 5.41) is 0. The molecule has 0 bridgehead atoms. The number of likely N-dealkylation sites (N-methyl/N-ethyl adjacent to an activating group) is 1. The molecule has 9 heteroatoms. The van der Waals surface area contributed by atoms with Gasteiger partial charge in [-0.25, -0.2) is 8.42 Å². The maximum absolute atomic E-state index is 12.8. The summed E-state index contributed by atoms with van der Waals surface area (Å²) in [7, 11) is -0.288. The Balaban J connectivity index is 1.60. The molecule has 0 aliphatic carbocycles. The summed E-state index contributed by atoms with van der Waals surface area (Å²) >= 11 is 0. The zero-order valence-electron chi connectivity index (χ0n) is 18.0. The Morgan fingerprint density at radius 3 is 2.06 bits per heavy atom. The van der Waals surface area contributed by atoms with Gasteiger partial charge in [0.25, 0.3) is 15.9 Å². The monoisotopic (exact) mass is 444 g/mol. The minimum absolute atomic E-state index is 0.0378. The summed E-state index contributed by atoms with van der Waals surface area (Å²) in [5.74, 6) is -0.107. The van der Waals surface area contributed by atoms with Crippen molar-refractivity contribution in [2.24, 2.45) is 0 Å². The van der Waals surface area contributed by atoms with E-state index in [1.807, 2.05) is 24.0 Å². The van der Waals surface area contributed by atoms with Crippen molar-refractivity contribution in [1.29, 1.82) is 0 Å². The Bertz CT molecular complexity index is 1030. The predicted molar refractivity (Wildman–Crippen MR) is 119 cm³/mol. The van der Waals surface area contributed by atoms with E-state index in [9.17, 15) is 18.0 Å². The standard InChI is InChI=1S/C22H28N4O4S/c1-17-4-8-19(9-5-17)23-31(29,30)20-10-6-18(7-11-20)22(28)26-14-12-25(13-15-26)16-21(27)24(2)3/h4-11,23H,12-16H2,1-3H3. The number of hydrogen-bond acceptors (Lipinski definition) is 5. The molecule has 1 aliphatic rings. The van der Waals surface area contributed by atoms with E-state index >= 15 is 0 Å². The molecule has 0 radical (unpaired) electrons. The number of rotatable bonds is 6. The molecule has 166 valence electrons. The van der Waals surface area contributed by atoms with E-state index in [-0.39, 0.29) is 16.7 Å². The number of hydrogen-bond donors (Lipinski definition) is 1. The zero-order chi connectivity index (χ0) is 22.6. The first-order valence-electron chi connectivity index (χ1n) is 10.1. The average molecular weight is 445 g/mol. The Morgan fingerprint density at radius 1 is 0.935 bits per heavy atom. The number of nitrogens with one attached hydrogen (secondary N) is 1. The number of amides is 2. The van der Waals surface area contributed by atoms with Crippen LogP contribution >= 0.6 is 0 Å². The second-order valence-electron chi connectivity index (χ2n) is 7.85. The van der Waals surface area contributed by atoms with Gasteiger partial charge in [0.05, 0.1) is 11.4 Å². The van der Waals surface area contributed by atoms with Gasteiger partial charge in [-0.15, -0.1) is 0 Å². The Hall–Kier alpha value is -2.91. The minimum Gasteiger partial charge on any atom is -0.348 e. The quantitative estimate of drug-likeness (QED) is 0.732. The number of sulfonamides is 1. The maximum atomic E-state index is 12.8. The van der Waals surface area contributed by atoms with Crippen molar-refractivity contribution in [3.63, 3.8) is 0 Å². The average Bonchev–Trinajstić information content (AvgIpc) is 2.75. The third-order valence-electron chi connectivity index (χ3n) is 5.23. The van der Waals surface area contributed by atoms with Gasteiger partial charge in [-0.3, -0.25) is 19.2 Å². The number of nitrogens with zero attached hydrogens (tertiary/aromatic N) is 3. The summed E-state index contributed by atoms with van der Waals surface area (Å²) < 4.78 is 27.7. The highest BCUT2D eigenvalue weighted by Crippen LogP contribution is 2.18. The number of piperazine rings is 1. The van der Waals surface area contributed by atoms with Crippen LogP contribution in [0.5, 0.6) is 0 Å². The highest BCUT2D eigenvalue weighted by atomic mass is 32.2. The van der Waals surface area contributed by atoms with E-state index in [1.165, 1.54) is 24.3 Å². The third-order valence-corrected chi connectivity index (χ3v) is 6.63. The highest BCUT2D eigenvalue weighted by Gasteiger charge is 2.24. The second-order valence-corrected chi connectivity index (χ2v) is 9.53. The van der Waals surface area contributed by atoms with Crippen molar-refractivity contribution < 1.29 is 18.0 Å². The van der Waals surface area contributed by atoms with Crippen LogP contribution in [0, 0.1) is 6.92 Å². The fourth-order valence-corrected chi connectivity index (χ4v) is 4.30. The van der Waals surface area contributed by atoms with Crippen molar-refractivity contribution in [3.05, 3.63) is 59.7 Å². The molecule has 8 nitrogen and oxygen atoms in total. The van der Waals surface area contributed by atoms with Gasteiger partial charge in [-0.1, -0.05) is 17.7 Å². The molecule has 1 fully saturated rings. The summed E-state index contributed by atoms with van der Waals surface area (Å²) in [6.07, 6.45) is 0. The lowest BCUT2D eigenvalue weighted by atomic mass is 10.2. The molecule has 1 aliphatic heterocycles. The summed E-state index contributed by atoms with van der Waals surface area (Å²) in [6.45, 7) is 4.56. The topological polar surface area (TPSA) is 90.0 Å². The van der Waals surface area contributed by atoms with Crippen molar-refractivity contribution in [2.45, 2.75) is 11.8 Å². The molecule has 2 aromatic carbocycles. The van der Waals surface area contributed by atoms with E-state index in [0.29, 0.717) is 44.0 Å². The first-order valence-corrected chi connectivity index (χ1v) is 11.6. The van der Waals surface area contributed by atoms with Crippen LogP contribution in [0.3, 0.4) is 0 Å². The van der Waals surface area contributed by atoms with Gasteiger partial charge in [-0.2, -0.15) is 0 Å². The molecule has 0 atom stereocenters. The molecule has 1 heterocycles. The van der Waals surface area contributed by atoms with Crippen LogP contribution in [0.2, 0.25) is 0 Å². The predicted octanol–water partition coefficient (Wildman–Crippen LogP) is 1.64. The van der Waals surface area contributed by atoms with Gasteiger partial charge in [0, 0.05) is 51.5 Å². The van der Waals surface area contributed by atoms with Gasteiger partial charge < -0.3 is 9.80 Å². The van der Waals surface area contributed by atoms with Crippen molar-refractivity contribution in [1.82, 2.24) is 14.7 Å². The Kier molecular flexibility index (Phi) is 6.97. The first-order chi connectivity index (χ1) is 14.7.